The molecular weight excluding hydrogens is 196 g/mol. The van der Waals surface area contributed by atoms with Crippen LogP contribution >= 0.6 is 0 Å². The van der Waals surface area contributed by atoms with Crippen molar-refractivity contribution in [3.8, 4) is 0 Å². The van der Waals surface area contributed by atoms with Crippen molar-refractivity contribution >= 4 is 5.82 Å². The van der Waals surface area contributed by atoms with Gasteiger partial charge in [-0.15, -0.1) is 0 Å². The van der Waals surface area contributed by atoms with Crippen molar-refractivity contribution in [1.29, 1.82) is 0 Å². The molecule has 0 spiro atoms. The first-order chi connectivity index (χ1) is 7.79. The minimum atomic E-state index is 0.540. The van der Waals surface area contributed by atoms with Crippen LogP contribution in [0.25, 0.3) is 0 Å². The third-order valence-electron chi connectivity index (χ3n) is 3.44. The van der Waals surface area contributed by atoms with Crippen LogP contribution in [-0.2, 0) is 0 Å². The smallest absolute Gasteiger partial charge is 0.128 e. The Balaban J connectivity index is 2.16. The molecule has 1 aliphatic rings. The van der Waals surface area contributed by atoms with E-state index in [-0.39, 0.29) is 0 Å². The van der Waals surface area contributed by atoms with Gasteiger partial charge in [0.05, 0.1) is 0 Å². The van der Waals surface area contributed by atoms with Gasteiger partial charge in [-0.3, -0.25) is 0 Å². The normalized spacial score (nSPS) is 17.7. The van der Waals surface area contributed by atoms with Crippen LogP contribution in [0.3, 0.4) is 0 Å². The summed E-state index contributed by atoms with van der Waals surface area (Å²) in [5.41, 5.74) is 0. The molecule has 0 aromatic carbocycles. The molecule has 0 unspecified atom stereocenters. The highest BCUT2D eigenvalue weighted by atomic mass is 15.2. The van der Waals surface area contributed by atoms with Gasteiger partial charge in [-0.2, -0.15) is 0 Å². The molecule has 1 aromatic rings. The Morgan fingerprint density at radius 1 is 1.19 bits per heavy atom. The van der Waals surface area contributed by atoms with E-state index < -0.39 is 0 Å². The van der Waals surface area contributed by atoms with Crippen LogP contribution in [0.15, 0.2) is 24.4 Å². The second kappa shape index (κ2) is 5.33. The molecule has 88 valence electrons. The predicted molar refractivity (Wildman–Crippen MR) is 68.7 cm³/mol. The molecule has 1 saturated carbocycles. The lowest BCUT2D eigenvalue weighted by Gasteiger charge is -2.38. The number of aromatic nitrogens is 1. The second-order valence-electron chi connectivity index (χ2n) is 4.98. The van der Waals surface area contributed by atoms with E-state index in [1.54, 1.807) is 0 Å². The van der Waals surface area contributed by atoms with Crippen molar-refractivity contribution in [2.45, 2.75) is 58.0 Å². The lowest BCUT2D eigenvalue weighted by atomic mass is 9.93. The Labute approximate surface area is 98.7 Å². The minimum absolute atomic E-state index is 0.540. The summed E-state index contributed by atoms with van der Waals surface area (Å²) >= 11 is 0. The maximum Gasteiger partial charge on any atom is 0.128 e. The molecule has 1 heterocycles. The van der Waals surface area contributed by atoms with Gasteiger partial charge in [0.15, 0.2) is 0 Å². The quantitative estimate of drug-likeness (QED) is 0.770. The Morgan fingerprint density at radius 3 is 2.50 bits per heavy atom. The molecule has 0 aliphatic heterocycles. The lowest BCUT2D eigenvalue weighted by molar-refractivity contribution is 0.396. The second-order valence-corrected chi connectivity index (χ2v) is 4.98. The van der Waals surface area contributed by atoms with Crippen LogP contribution in [0, 0.1) is 0 Å². The Bertz CT molecular complexity index is 302. The first-order valence-electron chi connectivity index (χ1n) is 6.48. The van der Waals surface area contributed by atoms with Crippen molar-refractivity contribution in [2.75, 3.05) is 4.90 Å². The molecule has 16 heavy (non-hydrogen) atoms. The van der Waals surface area contributed by atoms with Gasteiger partial charge in [0, 0.05) is 18.3 Å². The number of hydrogen-bond acceptors (Lipinski definition) is 2. The van der Waals surface area contributed by atoms with E-state index in [1.807, 2.05) is 12.3 Å². The third kappa shape index (κ3) is 2.55. The predicted octanol–water partition coefficient (Wildman–Crippen LogP) is 3.63. The van der Waals surface area contributed by atoms with Crippen molar-refractivity contribution in [1.82, 2.24) is 4.98 Å². The molecule has 0 amide bonds. The molecule has 1 fully saturated rings. The van der Waals surface area contributed by atoms with Crippen molar-refractivity contribution in [3.63, 3.8) is 0 Å². The Kier molecular flexibility index (Phi) is 3.81. The van der Waals surface area contributed by atoms with Gasteiger partial charge in [-0.25, -0.2) is 4.98 Å². The number of nitrogens with zero attached hydrogens (tertiary/aromatic N) is 2. The maximum atomic E-state index is 4.50. The highest BCUT2D eigenvalue weighted by molar-refractivity contribution is 5.40. The minimum Gasteiger partial charge on any atom is -0.351 e. The fraction of sp³-hybridized carbons (Fsp3) is 0.643. The fourth-order valence-corrected chi connectivity index (χ4v) is 2.74. The van der Waals surface area contributed by atoms with Gasteiger partial charge >= 0.3 is 0 Å². The van der Waals surface area contributed by atoms with Gasteiger partial charge < -0.3 is 4.90 Å². The molecule has 0 N–H and O–H groups in total. The van der Waals surface area contributed by atoms with E-state index in [0.29, 0.717) is 12.1 Å². The largest absolute Gasteiger partial charge is 0.351 e. The van der Waals surface area contributed by atoms with E-state index >= 15 is 0 Å². The van der Waals surface area contributed by atoms with Crippen LogP contribution in [0.4, 0.5) is 5.82 Å². The molecule has 2 nitrogen and oxygen atoms in total. The fourth-order valence-electron chi connectivity index (χ4n) is 2.74. The number of rotatable bonds is 3. The van der Waals surface area contributed by atoms with Crippen molar-refractivity contribution in [2.24, 2.45) is 0 Å². The van der Waals surface area contributed by atoms with E-state index in [2.05, 4.69) is 35.9 Å². The summed E-state index contributed by atoms with van der Waals surface area (Å²) in [6.07, 6.45) is 8.71. The Hall–Kier alpha value is -1.05. The first kappa shape index (κ1) is 11.4. The van der Waals surface area contributed by atoms with E-state index in [4.69, 9.17) is 0 Å². The topological polar surface area (TPSA) is 16.1 Å². The molecule has 0 atom stereocenters. The molecule has 1 aliphatic carbocycles. The van der Waals surface area contributed by atoms with Gasteiger partial charge in [-0.1, -0.05) is 25.3 Å². The van der Waals surface area contributed by atoms with Crippen LogP contribution in [0.5, 0.6) is 0 Å². The molecule has 0 bridgehead atoms. The molecule has 0 saturated heterocycles. The molecule has 1 aromatic heterocycles. The van der Waals surface area contributed by atoms with Crippen LogP contribution in [0.2, 0.25) is 0 Å². The van der Waals surface area contributed by atoms with Crippen LogP contribution < -0.4 is 4.90 Å². The summed E-state index contributed by atoms with van der Waals surface area (Å²) in [5.74, 6) is 1.14. The maximum absolute atomic E-state index is 4.50. The van der Waals surface area contributed by atoms with Crippen molar-refractivity contribution in [3.05, 3.63) is 24.4 Å². The van der Waals surface area contributed by atoms with Crippen LogP contribution in [-0.4, -0.2) is 17.1 Å². The molecule has 2 heteroatoms. The van der Waals surface area contributed by atoms with Gasteiger partial charge in [0.1, 0.15) is 5.82 Å². The summed E-state index contributed by atoms with van der Waals surface area (Å²) in [6, 6.07) is 7.44. The summed E-state index contributed by atoms with van der Waals surface area (Å²) in [6.45, 7) is 4.53. The average Bonchev–Trinajstić information content (AvgIpc) is 2.31. The Morgan fingerprint density at radius 2 is 1.94 bits per heavy atom. The number of pyridine rings is 1. The highest BCUT2D eigenvalue weighted by Gasteiger charge is 2.23. The SMILES string of the molecule is CC(C)N(c1ccccn1)C1CCCCC1. The third-order valence-corrected chi connectivity index (χ3v) is 3.44. The zero-order valence-electron chi connectivity index (χ0n) is 10.4. The summed E-state index contributed by atoms with van der Waals surface area (Å²) in [5, 5.41) is 0. The molecule has 0 radical (unpaired) electrons. The monoisotopic (exact) mass is 218 g/mol. The molecule has 2 rings (SSSR count). The lowest BCUT2D eigenvalue weighted by Crippen LogP contribution is -2.42. The van der Waals surface area contributed by atoms with E-state index in [0.717, 1.165) is 5.82 Å². The molecular formula is C14H22N2. The van der Waals surface area contributed by atoms with E-state index in [9.17, 15) is 0 Å². The zero-order valence-corrected chi connectivity index (χ0v) is 10.4. The summed E-state index contributed by atoms with van der Waals surface area (Å²) < 4.78 is 0. The summed E-state index contributed by atoms with van der Waals surface area (Å²) in [7, 11) is 0. The van der Waals surface area contributed by atoms with Gasteiger partial charge in [0.2, 0.25) is 0 Å². The van der Waals surface area contributed by atoms with Gasteiger partial charge in [-0.05, 0) is 38.8 Å². The highest BCUT2D eigenvalue weighted by Crippen LogP contribution is 2.27. The van der Waals surface area contributed by atoms with Crippen LogP contribution in [0.1, 0.15) is 46.0 Å². The standard InChI is InChI=1S/C14H22N2/c1-12(2)16(13-8-4-3-5-9-13)14-10-6-7-11-15-14/h6-7,10-13H,3-5,8-9H2,1-2H3. The summed E-state index contributed by atoms with van der Waals surface area (Å²) in [4.78, 5) is 7.00. The zero-order chi connectivity index (χ0) is 11.4. The van der Waals surface area contributed by atoms with E-state index in [1.165, 1.54) is 32.1 Å². The number of hydrogen-bond donors (Lipinski definition) is 0. The average molecular weight is 218 g/mol. The first-order valence-corrected chi connectivity index (χ1v) is 6.48. The number of anilines is 1. The van der Waals surface area contributed by atoms with Crippen molar-refractivity contribution < 1.29 is 0 Å². The van der Waals surface area contributed by atoms with Gasteiger partial charge in [0.25, 0.3) is 0 Å².